The largest absolute Gasteiger partial charge is 0.384 e. The van der Waals surface area contributed by atoms with Crippen molar-refractivity contribution in [1.29, 1.82) is 0 Å². The monoisotopic (exact) mass is 159 g/mol. The molecule has 1 unspecified atom stereocenters. The molecule has 0 aliphatic carbocycles. The van der Waals surface area contributed by atoms with Gasteiger partial charge < -0.3 is 10.1 Å². The summed E-state index contributed by atoms with van der Waals surface area (Å²) in [6.45, 7) is 4.54. The van der Waals surface area contributed by atoms with Gasteiger partial charge in [-0.1, -0.05) is 6.92 Å². The van der Waals surface area contributed by atoms with Crippen LogP contribution in [0.2, 0.25) is 0 Å². The quantitative estimate of drug-likeness (QED) is 0.648. The second-order valence-corrected chi connectivity index (χ2v) is 2.62. The van der Waals surface area contributed by atoms with Gasteiger partial charge in [0.1, 0.15) is 0 Å². The molecule has 11 heavy (non-hydrogen) atoms. The van der Waals surface area contributed by atoms with Crippen LogP contribution in [0.4, 0.5) is 0 Å². The van der Waals surface area contributed by atoms with Gasteiger partial charge >= 0.3 is 0 Å². The van der Waals surface area contributed by atoms with Gasteiger partial charge in [0.05, 0.1) is 6.61 Å². The van der Waals surface area contributed by atoms with Crippen LogP contribution in [-0.2, 0) is 9.53 Å². The fourth-order valence-electron chi connectivity index (χ4n) is 0.644. The normalized spacial score (nSPS) is 12.6. The molecule has 3 heteroatoms. The minimum atomic E-state index is 0.0706. The fraction of sp³-hybridized carbons (Fsp3) is 0.875. The first-order valence-electron chi connectivity index (χ1n) is 3.99. The lowest BCUT2D eigenvalue weighted by molar-refractivity contribution is -0.122. The van der Waals surface area contributed by atoms with Gasteiger partial charge in [0, 0.05) is 19.6 Å². The average Bonchev–Trinajstić information content (AvgIpc) is 2.00. The summed E-state index contributed by atoms with van der Waals surface area (Å²) in [5, 5.41) is 2.85. The second kappa shape index (κ2) is 6.16. The van der Waals surface area contributed by atoms with Crippen molar-refractivity contribution in [2.75, 3.05) is 13.7 Å². The average molecular weight is 159 g/mol. The van der Waals surface area contributed by atoms with Crippen LogP contribution in [0, 0.1) is 0 Å². The molecule has 0 saturated carbocycles. The number of ether oxygens (including phenoxy) is 1. The Kier molecular flexibility index (Phi) is 5.84. The van der Waals surface area contributed by atoms with E-state index in [0.29, 0.717) is 13.0 Å². The van der Waals surface area contributed by atoms with Crippen molar-refractivity contribution in [1.82, 2.24) is 5.32 Å². The van der Waals surface area contributed by atoms with E-state index in [1.54, 1.807) is 7.11 Å². The van der Waals surface area contributed by atoms with Crippen molar-refractivity contribution < 1.29 is 9.53 Å². The Balaban J connectivity index is 3.36. The number of amides is 1. The van der Waals surface area contributed by atoms with Gasteiger partial charge in [0.15, 0.2) is 0 Å². The van der Waals surface area contributed by atoms with Crippen molar-refractivity contribution in [2.45, 2.75) is 32.7 Å². The Hall–Kier alpha value is -0.570. The van der Waals surface area contributed by atoms with E-state index in [4.69, 9.17) is 4.74 Å². The third-order valence-electron chi connectivity index (χ3n) is 1.55. The maximum atomic E-state index is 11.0. The van der Waals surface area contributed by atoms with Gasteiger partial charge in [0.25, 0.3) is 0 Å². The number of nitrogens with one attached hydrogen (secondary N) is 1. The molecule has 1 N–H and O–H groups in total. The number of hydrogen-bond donors (Lipinski definition) is 1. The predicted molar refractivity (Wildman–Crippen MR) is 44.4 cm³/mol. The van der Waals surface area contributed by atoms with E-state index in [-0.39, 0.29) is 11.9 Å². The van der Waals surface area contributed by atoms with Crippen LogP contribution in [-0.4, -0.2) is 25.7 Å². The molecule has 0 bridgehead atoms. The molecule has 1 amide bonds. The molecule has 3 nitrogen and oxygen atoms in total. The number of methoxy groups -OCH3 is 1. The summed E-state index contributed by atoms with van der Waals surface area (Å²) in [7, 11) is 1.59. The molecular weight excluding hydrogens is 142 g/mol. The summed E-state index contributed by atoms with van der Waals surface area (Å²) in [4.78, 5) is 11.0. The maximum Gasteiger partial charge on any atom is 0.222 e. The first-order chi connectivity index (χ1) is 5.20. The van der Waals surface area contributed by atoms with E-state index >= 15 is 0 Å². The van der Waals surface area contributed by atoms with Crippen LogP contribution in [0.5, 0.6) is 0 Å². The van der Waals surface area contributed by atoms with Crippen molar-refractivity contribution in [2.24, 2.45) is 0 Å². The predicted octanol–water partition coefficient (Wildman–Crippen LogP) is 0.938. The minimum absolute atomic E-state index is 0.0706. The third-order valence-corrected chi connectivity index (χ3v) is 1.55. The van der Waals surface area contributed by atoms with Crippen LogP contribution < -0.4 is 5.32 Å². The number of carbonyl (C=O) groups is 1. The van der Waals surface area contributed by atoms with Crippen molar-refractivity contribution >= 4 is 5.91 Å². The zero-order valence-corrected chi connectivity index (χ0v) is 7.52. The lowest BCUT2D eigenvalue weighted by atomic mass is 10.2. The Morgan fingerprint density at radius 1 is 1.64 bits per heavy atom. The number of carbonyl (C=O) groups excluding carboxylic acids is 1. The van der Waals surface area contributed by atoms with E-state index in [1.807, 2.05) is 13.8 Å². The Morgan fingerprint density at radius 2 is 2.27 bits per heavy atom. The second-order valence-electron chi connectivity index (χ2n) is 2.62. The molecule has 0 saturated heterocycles. The maximum absolute atomic E-state index is 11.0. The van der Waals surface area contributed by atoms with E-state index in [2.05, 4.69) is 5.32 Å². The van der Waals surface area contributed by atoms with Crippen LogP contribution >= 0.6 is 0 Å². The third kappa shape index (κ3) is 5.85. The molecule has 0 aromatic carbocycles. The van der Waals surface area contributed by atoms with E-state index in [9.17, 15) is 4.79 Å². The van der Waals surface area contributed by atoms with Gasteiger partial charge in [-0.3, -0.25) is 4.79 Å². The molecule has 0 rings (SSSR count). The van der Waals surface area contributed by atoms with Gasteiger partial charge in [0.2, 0.25) is 5.91 Å². The lowest BCUT2D eigenvalue weighted by Crippen LogP contribution is -2.32. The van der Waals surface area contributed by atoms with Crippen LogP contribution in [0.25, 0.3) is 0 Å². The van der Waals surface area contributed by atoms with Crippen LogP contribution in [0.1, 0.15) is 26.7 Å². The van der Waals surface area contributed by atoms with E-state index in [1.165, 1.54) is 0 Å². The van der Waals surface area contributed by atoms with Crippen molar-refractivity contribution in [3.8, 4) is 0 Å². The zero-order chi connectivity index (χ0) is 8.69. The van der Waals surface area contributed by atoms with Gasteiger partial charge in [-0.05, 0) is 13.3 Å². The molecule has 0 aromatic heterocycles. The van der Waals surface area contributed by atoms with Crippen molar-refractivity contribution in [3.63, 3.8) is 0 Å². The molecule has 1 atom stereocenters. The lowest BCUT2D eigenvalue weighted by Gasteiger charge is -2.10. The Morgan fingerprint density at radius 3 is 2.73 bits per heavy atom. The summed E-state index contributed by atoms with van der Waals surface area (Å²) in [5.74, 6) is 0.0706. The summed E-state index contributed by atoms with van der Waals surface area (Å²) in [5.41, 5.74) is 0. The highest BCUT2D eigenvalue weighted by Gasteiger charge is 2.03. The highest BCUT2D eigenvalue weighted by atomic mass is 16.5. The Bertz CT molecular complexity index is 115. The zero-order valence-electron chi connectivity index (χ0n) is 7.52. The summed E-state index contributed by atoms with van der Waals surface area (Å²) in [6, 6.07) is 0.277. The SMILES string of the molecule is CCC(C)NC(=O)CCOC. The topological polar surface area (TPSA) is 38.3 Å². The standard InChI is InChI=1S/C8H17NO2/c1-4-7(2)9-8(10)5-6-11-3/h7H,4-6H2,1-3H3,(H,9,10). The Labute approximate surface area is 68.1 Å². The number of rotatable bonds is 5. The van der Waals surface area contributed by atoms with Gasteiger partial charge in [-0.25, -0.2) is 0 Å². The summed E-state index contributed by atoms with van der Waals surface area (Å²) < 4.78 is 4.77. The molecule has 66 valence electrons. The molecule has 0 spiro atoms. The molecule has 0 aromatic rings. The first-order valence-corrected chi connectivity index (χ1v) is 3.99. The van der Waals surface area contributed by atoms with Gasteiger partial charge in [-0.15, -0.1) is 0 Å². The van der Waals surface area contributed by atoms with E-state index < -0.39 is 0 Å². The summed E-state index contributed by atoms with van der Waals surface area (Å²) in [6.07, 6.45) is 1.43. The number of hydrogen-bond acceptors (Lipinski definition) is 2. The van der Waals surface area contributed by atoms with Crippen LogP contribution in [0.15, 0.2) is 0 Å². The van der Waals surface area contributed by atoms with Crippen LogP contribution in [0.3, 0.4) is 0 Å². The smallest absolute Gasteiger partial charge is 0.222 e. The fourth-order valence-corrected chi connectivity index (χ4v) is 0.644. The molecule has 0 fully saturated rings. The van der Waals surface area contributed by atoms with Crippen molar-refractivity contribution in [3.05, 3.63) is 0 Å². The molecule has 0 radical (unpaired) electrons. The highest BCUT2D eigenvalue weighted by molar-refractivity contribution is 5.76. The first kappa shape index (κ1) is 10.4. The molecular formula is C8H17NO2. The van der Waals surface area contributed by atoms with Gasteiger partial charge in [-0.2, -0.15) is 0 Å². The molecule has 0 aliphatic rings. The van der Waals surface area contributed by atoms with E-state index in [0.717, 1.165) is 6.42 Å². The highest BCUT2D eigenvalue weighted by Crippen LogP contribution is 1.89. The molecule has 0 heterocycles. The molecule has 0 aliphatic heterocycles. The minimum Gasteiger partial charge on any atom is -0.384 e. The summed E-state index contributed by atoms with van der Waals surface area (Å²) >= 11 is 0.